The van der Waals surface area contributed by atoms with Crippen LogP contribution >= 0.6 is 11.3 Å². The Bertz CT molecular complexity index is 576. The van der Waals surface area contributed by atoms with Gasteiger partial charge in [0.25, 0.3) is 0 Å². The van der Waals surface area contributed by atoms with Gasteiger partial charge in [-0.2, -0.15) is 13.2 Å². The summed E-state index contributed by atoms with van der Waals surface area (Å²) < 4.78 is 45.4. The minimum Gasteiger partial charge on any atom is -0.372 e. The normalized spacial score (nSPS) is 18.5. The zero-order chi connectivity index (χ0) is 19.2. The van der Waals surface area contributed by atoms with Gasteiger partial charge in [-0.3, -0.25) is 9.69 Å². The molecule has 26 heavy (non-hydrogen) atoms. The number of carbonyl (C=O) groups is 1. The van der Waals surface area contributed by atoms with Gasteiger partial charge in [0.05, 0.1) is 12.1 Å². The van der Waals surface area contributed by atoms with Gasteiger partial charge in [0.15, 0.2) is 0 Å². The fourth-order valence-electron chi connectivity index (χ4n) is 2.80. The third-order valence-corrected chi connectivity index (χ3v) is 5.19. The summed E-state index contributed by atoms with van der Waals surface area (Å²) >= 11 is 1.38. The van der Waals surface area contributed by atoms with E-state index in [0.29, 0.717) is 38.5 Å². The molecule has 2 atom stereocenters. The first-order chi connectivity index (χ1) is 12.3. The molecule has 1 aromatic rings. The number of rotatable bonds is 8. The van der Waals surface area contributed by atoms with Gasteiger partial charge in [-0.15, -0.1) is 11.3 Å². The number of halogens is 3. The van der Waals surface area contributed by atoms with E-state index in [1.807, 2.05) is 13.8 Å². The summed E-state index contributed by atoms with van der Waals surface area (Å²) in [5, 5.41) is 7.93. The summed E-state index contributed by atoms with van der Waals surface area (Å²) in [7, 11) is 0. The topological polar surface area (TPSA) is 66.5 Å². The van der Waals surface area contributed by atoms with E-state index in [1.54, 1.807) is 5.38 Å². The lowest BCUT2D eigenvalue weighted by Crippen LogP contribution is -2.57. The van der Waals surface area contributed by atoms with Crippen LogP contribution in [0.2, 0.25) is 0 Å². The monoisotopic (exact) mass is 394 g/mol. The van der Waals surface area contributed by atoms with Crippen molar-refractivity contribution in [2.45, 2.75) is 38.6 Å². The largest absolute Gasteiger partial charge is 0.405 e. The molecule has 0 bridgehead atoms. The van der Waals surface area contributed by atoms with Crippen LogP contribution in [0.3, 0.4) is 0 Å². The van der Waals surface area contributed by atoms with Crippen molar-refractivity contribution in [1.29, 1.82) is 0 Å². The molecule has 2 rings (SSSR count). The maximum atomic E-state index is 13.3. The zero-order valence-corrected chi connectivity index (χ0v) is 15.8. The lowest BCUT2D eigenvalue weighted by Gasteiger charge is -2.35. The Labute approximate surface area is 155 Å². The lowest BCUT2D eigenvalue weighted by atomic mass is 10.2. The summed E-state index contributed by atoms with van der Waals surface area (Å²) in [5.74, 6) is -0.463. The molecule has 1 aliphatic heterocycles. The molecule has 0 saturated carbocycles. The van der Waals surface area contributed by atoms with Crippen LogP contribution in [-0.4, -0.2) is 67.3 Å². The molecular weight excluding hydrogens is 369 g/mol. The number of ether oxygens (including phenoxy) is 1. The van der Waals surface area contributed by atoms with Gasteiger partial charge in [0, 0.05) is 44.7 Å². The predicted octanol–water partition coefficient (Wildman–Crippen LogP) is 1.74. The van der Waals surface area contributed by atoms with Crippen LogP contribution in [-0.2, 0) is 16.0 Å². The molecule has 1 fully saturated rings. The molecule has 0 aromatic carbocycles. The van der Waals surface area contributed by atoms with Crippen molar-refractivity contribution in [1.82, 2.24) is 20.5 Å². The van der Waals surface area contributed by atoms with Crippen LogP contribution in [0.1, 0.15) is 30.7 Å². The molecule has 10 heteroatoms. The number of amides is 1. The van der Waals surface area contributed by atoms with Crippen molar-refractivity contribution in [2.75, 3.05) is 39.3 Å². The van der Waals surface area contributed by atoms with Crippen LogP contribution in [0.4, 0.5) is 13.2 Å². The smallest absolute Gasteiger partial charge is 0.372 e. The second-order valence-electron chi connectivity index (χ2n) is 6.10. The average Bonchev–Trinajstić information content (AvgIpc) is 3.03. The van der Waals surface area contributed by atoms with Crippen LogP contribution in [0.25, 0.3) is 0 Å². The summed E-state index contributed by atoms with van der Waals surface area (Å²) in [4.78, 5) is 17.7. The fraction of sp³-hybridized carbons (Fsp3) is 0.750. The first kappa shape index (κ1) is 21.1. The summed E-state index contributed by atoms with van der Waals surface area (Å²) in [6.07, 6.45) is -4.59. The maximum Gasteiger partial charge on any atom is 0.405 e. The van der Waals surface area contributed by atoms with Crippen molar-refractivity contribution < 1.29 is 22.7 Å². The molecule has 0 aliphatic carbocycles. The molecule has 6 nitrogen and oxygen atoms in total. The first-order valence-corrected chi connectivity index (χ1v) is 9.53. The van der Waals surface area contributed by atoms with Gasteiger partial charge >= 0.3 is 6.18 Å². The number of thiazole rings is 1. The van der Waals surface area contributed by atoms with Gasteiger partial charge in [-0.1, -0.05) is 0 Å². The molecule has 148 valence electrons. The van der Waals surface area contributed by atoms with E-state index in [1.165, 1.54) is 16.2 Å². The molecule has 0 radical (unpaired) electrons. The standard InChI is InChI=1S/C16H25F3N4O2S/c1-3-25-11(2)15-22-12(10-26-15)8-14(24)21-9-13(16(17,18)19)23-6-4-20-5-7-23/h10-11,13,20H,3-9H2,1-2H3,(H,21,24). The highest BCUT2D eigenvalue weighted by Gasteiger charge is 2.43. The van der Waals surface area contributed by atoms with Crippen molar-refractivity contribution >= 4 is 17.2 Å². The number of aromatic nitrogens is 1. The minimum absolute atomic E-state index is 0.0402. The number of nitrogens with zero attached hydrogens (tertiary/aromatic N) is 2. The SMILES string of the molecule is CCOC(C)c1nc(CC(=O)NCC(N2CCNCC2)C(F)(F)F)cs1. The molecule has 2 N–H and O–H groups in total. The minimum atomic E-state index is -4.38. The Morgan fingerprint density at radius 3 is 2.77 bits per heavy atom. The number of alkyl halides is 3. The van der Waals surface area contributed by atoms with E-state index in [4.69, 9.17) is 4.74 Å². The van der Waals surface area contributed by atoms with Crippen molar-refractivity contribution in [3.8, 4) is 0 Å². The van der Waals surface area contributed by atoms with Crippen LogP contribution in [0, 0.1) is 0 Å². The highest BCUT2D eigenvalue weighted by Crippen LogP contribution is 2.25. The molecule has 1 amide bonds. The number of carbonyl (C=O) groups excluding carboxylic acids is 1. The highest BCUT2D eigenvalue weighted by atomic mass is 32.1. The molecule has 2 unspecified atom stereocenters. The summed E-state index contributed by atoms with van der Waals surface area (Å²) in [5.41, 5.74) is 0.541. The number of piperazine rings is 1. The molecular formula is C16H25F3N4O2S. The van der Waals surface area contributed by atoms with E-state index in [9.17, 15) is 18.0 Å². The quantitative estimate of drug-likeness (QED) is 0.703. The van der Waals surface area contributed by atoms with E-state index in [0.717, 1.165) is 5.01 Å². The van der Waals surface area contributed by atoms with E-state index >= 15 is 0 Å². The summed E-state index contributed by atoms with van der Waals surface area (Å²) in [6, 6.07) is -1.67. The van der Waals surface area contributed by atoms with Gasteiger partial charge in [0.2, 0.25) is 5.91 Å². The Kier molecular flexibility index (Phi) is 7.81. The Morgan fingerprint density at radius 1 is 1.46 bits per heavy atom. The lowest BCUT2D eigenvalue weighted by molar-refractivity contribution is -0.184. The van der Waals surface area contributed by atoms with E-state index in [-0.39, 0.29) is 12.5 Å². The predicted molar refractivity (Wildman–Crippen MR) is 93.2 cm³/mol. The summed E-state index contributed by atoms with van der Waals surface area (Å²) in [6.45, 7) is 5.51. The maximum absolute atomic E-state index is 13.3. The second-order valence-corrected chi connectivity index (χ2v) is 6.99. The zero-order valence-electron chi connectivity index (χ0n) is 14.9. The molecule has 1 aromatic heterocycles. The Hall–Kier alpha value is -1.23. The van der Waals surface area contributed by atoms with E-state index < -0.39 is 24.7 Å². The Balaban J connectivity index is 1.87. The molecule has 2 heterocycles. The van der Waals surface area contributed by atoms with Crippen molar-refractivity contribution in [3.05, 3.63) is 16.1 Å². The third-order valence-electron chi connectivity index (χ3n) is 4.14. The molecule has 1 saturated heterocycles. The Morgan fingerprint density at radius 2 is 2.15 bits per heavy atom. The van der Waals surface area contributed by atoms with Crippen molar-refractivity contribution in [3.63, 3.8) is 0 Å². The van der Waals surface area contributed by atoms with Gasteiger partial charge < -0.3 is 15.4 Å². The van der Waals surface area contributed by atoms with Gasteiger partial charge in [-0.05, 0) is 13.8 Å². The fourth-order valence-corrected chi connectivity index (χ4v) is 3.62. The molecule has 0 spiro atoms. The van der Waals surface area contributed by atoms with E-state index in [2.05, 4.69) is 15.6 Å². The van der Waals surface area contributed by atoms with Gasteiger partial charge in [-0.25, -0.2) is 4.98 Å². The molecule has 1 aliphatic rings. The number of hydrogen-bond acceptors (Lipinski definition) is 6. The van der Waals surface area contributed by atoms with Crippen LogP contribution < -0.4 is 10.6 Å². The van der Waals surface area contributed by atoms with Gasteiger partial charge in [0.1, 0.15) is 17.2 Å². The number of nitrogens with one attached hydrogen (secondary N) is 2. The third kappa shape index (κ3) is 6.19. The first-order valence-electron chi connectivity index (χ1n) is 8.65. The highest BCUT2D eigenvalue weighted by molar-refractivity contribution is 7.09. The number of hydrogen-bond donors (Lipinski definition) is 2. The van der Waals surface area contributed by atoms with Crippen LogP contribution in [0.5, 0.6) is 0 Å². The average molecular weight is 394 g/mol. The second kappa shape index (κ2) is 9.63. The van der Waals surface area contributed by atoms with Crippen LogP contribution in [0.15, 0.2) is 5.38 Å². The van der Waals surface area contributed by atoms with Crippen molar-refractivity contribution in [2.24, 2.45) is 0 Å².